The monoisotopic (exact) mass is 374 g/mol. The standard InChI is InChI=1S/C18H18N2O5S/c1-20-15-5-4-14(9-13(15)3-7-18(20)21)26(22,23)19-10-12-2-6-16-17(8-12)25-11-24-16/h2,4-6,8-9,19H,3,7,10-11H2,1H3. The summed E-state index contributed by atoms with van der Waals surface area (Å²) in [6.07, 6.45) is 0.932. The number of sulfonamides is 1. The average Bonchev–Trinajstić information content (AvgIpc) is 3.11. The summed E-state index contributed by atoms with van der Waals surface area (Å²) in [7, 11) is -1.96. The number of nitrogens with one attached hydrogen (secondary N) is 1. The maximum Gasteiger partial charge on any atom is 0.240 e. The molecule has 1 N–H and O–H groups in total. The molecule has 0 fully saturated rings. The van der Waals surface area contributed by atoms with Crippen LogP contribution in [-0.4, -0.2) is 28.2 Å². The second-order valence-electron chi connectivity index (χ2n) is 6.26. The van der Waals surface area contributed by atoms with Crippen LogP contribution < -0.4 is 19.1 Å². The van der Waals surface area contributed by atoms with Crippen LogP contribution in [-0.2, 0) is 27.8 Å². The van der Waals surface area contributed by atoms with Gasteiger partial charge in [0.25, 0.3) is 0 Å². The van der Waals surface area contributed by atoms with Crippen LogP contribution in [0, 0.1) is 0 Å². The molecule has 0 atom stereocenters. The van der Waals surface area contributed by atoms with Crippen LogP contribution in [0.2, 0.25) is 0 Å². The predicted molar refractivity (Wildman–Crippen MR) is 94.8 cm³/mol. The van der Waals surface area contributed by atoms with Crippen molar-refractivity contribution in [2.45, 2.75) is 24.3 Å². The van der Waals surface area contributed by atoms with E-state index < -0.39 is 10.0 Å². The number of nitrogens with zero attached hydrogens (tertiary/aromatic N) is 1. The number of benzene rings is 2. The number of anilines is 1. The van der Waals surface area contributed by atoms with Crippen molar-refractivity contribution >= 4 is 21.6 Å². The maximum absolute atomic E-state index is 12.6. The molecular weight excluding hydrogens is 356 g/mol. The van der Waals surface area contributed by atoms with E-state index in [4.69, 9.17) is 9.47 Å². The summed E-state index contributed by atoms with van der Waals surface area (Å²) in [4.78, 5) is 13.5. The number of fused-ring (bicyclic) bond motifs is 2. The molecule has 1 amide bonds. The molecule has 0 spiro atoms. The van der Waals surface area contributed by atoms with E-state index in [0.29, 0.717) is 24.3 Å². The SMILES string of the molecule is CN1C(=O)CCc2cc(S(=O)(=O)NCc3ccc4c(c3)OCO4)ccc21. The summed E-state index contributed by atoms with van der Waals surface area (Å²) >= 11 is 0. The van der Waals surface area contributed by atoms with Crippen molar-refractivity contribution in [3.05, 3.63) is 47.5 Å². The molecule has 136 valence electrons. The molecule has 2 aromatic carbocycles. The van der Waals surface area contributed by atoms with Crippen LogP contribution in [0.3, 0.4) is 0 Å². The van der Waals surface area contributed by atoms with Gasteiger partial charge in [-0.2, -0.15) is 0 Å². The molecule has 2 aromatic rings. The van der Waals surface area contributed by atoms with E-state index in [2.05, 4.69) is 4.72 Å². The minimum absolute atomic E-state index is 0.0361. The second-order valence-corrected chi connectivity index (χ2v) is 8.02. The minimum atomic E-state index is -3.66. The summed E-state index contributed by atoms with van der Waals surface area (Å²) in [6, 6.07) is 10.2. The zero-order valence-electron chi connectivity index (χ0n) is 14.2. The Kier molecular flexibility index (Phi) is 4.08. The van der Waals surface area contributed by atoms with Gasteiger partial charge in [0.05, 0.1) is 4.90 Å². The number of hydrogen-bond acceptors (Lipinski definition) is 5. The van der Waals surface area contributed by atoms with Crippen molar-refractivity contribution in [2.75, 3.05) is 18.7 Å². The van der Waals surface area contributed by atoms with Gasteiger partial charge in [0.15, 0.2) is 11.5 Å². The first kappa shape index (κ1) is 16.9. The second kappa shape index (κ2) is 6.30. The topological polar surface area (TPSA) is 84.9 Å². The van der Waals surface area contributed by atoms with Gasteiger partial charge >= 0.3 is 0 Å². The first-order chi connectivity index (χ1) is 12.4. The molecule has 2 heterocycles. The molecule has 0 bridgehead atoms. The fourth-order valence-corrected chi connectivity index (χ4v) is 4.18. The molecule has 2 aliphatic rings. The third-order valence-electron chi connectivity index (χ3n) is 4.61. The molecule has 0 saturated carbocycles. The Bertz CT molecular complexity index is 987. The van der Waals surface area contributed by atoms with E-state index >= 15 is 0 Å². The van der Waals surface area contributed by atoms with Crippen molar-refractivity contribution < 1.29 is 22.7 Å². The zero-order valence-corrected chi connectivity index (χ0v) is 15.0. The first-order valence-electron chi connectivity index (χ1n) is 8.22. The Morgan fingerprint density at radius 1 is 1.08 bits per heavy atom. The molecule has 0 aromatic heterocycles. The molecule has 0 radical (unpaired) electrons. The van der Waals surface area contributed by atoms with E-state index in [0.717, 1.165) is 16.8 Å². The molecule has 4 rings (SSSR count). The average molecular weight is 374 g/mol. The number of rotatable bonds is 4. The lowest BCUT2D eigenvalue weighted by atomic mass is 10.0. The number of aryl methyl sites for hydroxylation is 1. The Morgan fingerprint density at radius 2 is 1.88 bits per heavy atom. The molecular formula is C18H18N2O5S. The molecule has 7 nitrogen and oxygen atoms in total. The van der Waals surface area contributed by atoms with Crippen LogP contribution in [0.4, 0.5) is 5.69 Å². The molecule has 0 aliphatic carbocycles. The van der Waals surface area contributed by atoms with Crippen molar-refractivity contribution in [3.63, 3.8) is 0 Å². The fourth-order valence-electron chi connectivity index (χ4n) is 3.11. The summed E-state index contributed by atoms with van der Waals surface area (Å²) in [5.41, 5.74) is 2.40. The summed E-state index contributed by atoms with van der Waals surface area (Å²) in [5.74, 6) is 1.31. The van der Waals surface area contributed by atoms with Gasteiger partial charge in [-0.05, 0) is 47.9 Å². The lowest BCUT2D eigenvalue weighted by Crippen LogP contribution is -2.31. The largest absolute Gasteiger partial charge is 0.454 e. The molecule has 8 heteroatoms. The number of hydrogen-bond donors (Lipinski definition) is 1. The lowest BCUT2D eigenvalue weighted by Gasteiger charge is -2.26. The van der Waals surface area contributed by atoms with Gasteiger partial charge < -0.3 is 14.4 Å². The van der Waals surface area contributed by atoms with Crippen LogP contribution in [0.1, 0.15) is 17.5 Å². The Hall–Kier alpha value is -2.58. The normalized spacial score (nSPS) is 15.9. The lowest BCUT2D eigenvalue weighted by molar-refractivity contribution is -0.118. The van der Waals surface area contributed by atoms with E-state index in [9.17, 15) is 13.2 Å². The van der Waals surface area contributed by atoms with Gasteiger partial charge in [0, 0.05) is 25.7 Å². The maximum atomic E-state index is 12.6. The van der Waals surface area contributed by atoms with E-state index in [1.54, 1.807) is 42.3 Å². The van der Waals surface area contributed by atoms with Crippen LogP contribution in [0.5, 0.6) is 11.5 Å². The van der Waals surface area contributed by atoms with E-state index in [1.165, 1.54) is 6.07 Å². The number of amides is 1. The third kappa shape index (κ3) is 3.02. The van der Waals surface area contributed by atoms with Gasteiger partial charge in [-0.3, -0.25) is 4.79 Å². The quantitative estimate of drug-likeness (QED) is 0.882. The van der Waals surface area contributed by atoms with Crippen molar-refractivity contribution in [3.8, 4) is 11.5 Å². The highest BCUT2D eigenvalue weighted by atomic mass is 32.2. The molecule has 26 heavy (non-hydrogen) atoms. The van der Waals surface area contributed by atoms with E-state index in [-0.39, 0.29) is 24.1 Å². The Balaban J connectivity index is 1.53. The van der Waals surface area contributed by atoms with Crippen molar-refractivity contribution in [2.24, 2.45) is 0 Å². The predicted octanol–water partition coefficient (Wildman–Crippen LogP) is 1.80. The van der Waals surface area contributed by atoms with Crippen LogP contribution in [0.25, 0.3) is 0 Å². The van der Waals surface area contributed by atoms with Gasteiger partial charge in [-0.15, -0.1) is 0 Å². The van der Waals surface area contributed by atoms with Crippen LogP contribution >= 0.6 is 0 Å². The Morgan fingerprint density at radius 3 is 2.73 bits per heavy atom. The molecule has 0 unspecified atom stereocenters. The fraction of sp³-hybridized carbons (Fsp3) is 0.278. The first-order valence-corrected chi connectivity index (χ1v) is 9.70. The number of carbonyl (C=O) groups is 1. The van der Waals surface area contributed by atoms with Crippen molar-refractivity contribution in [1.29, 1.82) is 0 Å². The summed E-state index contributed by atoms with van der Waals surface area (Å²) < 4.78 is 38.4. The smallest absolute Gasteiger partial charge is 0.240 e. The van der Waals surface area contributed by atoms with Gasteiger partial charge in [-0.25, -0.2) is 13.1 Å². The minimum Gasteiger partial charge on any atom is -0.454 e. The van der Waals surface area contributed by atoms with Crippen molar-refractivity contribution in [1.82, 2.24) is 4.72 Å². The summed E-state index contributed by atoms with van der Waals surface area (Å²) in [5, 5.41) is 0. The third-order valence-corrected chi connectivity index (χ3v) is 6.01. The Labute approximate surface area is 151 Å². The van der Waals surface area contributed by atoms with Gasteiger partial charge in [-0.1, -0.05) is 6.07 Å². The number of ether oxygens (including phenoxy) is 2. The highest BCUT2D eigenvalue weighted by Crippen LogP contribution is 2.33. The van der Waals surface area contributed by atoms with E-state index in [1.807, 2.05) is 0 Å². The molecule has 2 aliphatic heterocycles. The van der Waals surface area contributed by atoms with Crippen LogP contribution in [0.15, 0.2) is 41.3 Å². The highest BCUT2D eigenvalue weighted by Gasteiger charge is 2.23. The van der Waals surface area contributed by atoms with Gasteiger partial charge in [0.2, 0.25) is 22.7 Å². The zero-order chi connectivity index (χ0) is 18.3. The van der Waals surface area contributed by atoms with Gasteiger partial charge in [0.1, 0.15) is 0 Å². The summed E-state index contributed by atoms with van der Waals surface area (Å²) in [6.45, 7) is 0.324. The molecule has 0 saturated heterocycles. The number of carbonyl (C=O) groups excluding carboxylic acids is 1. The highest BCUT2D eigenvalue weighted by molar-refractivity contribution is 7.89.